The molecular formula is C8H14NO3P. The molecule has 74 valence electrons. The third kappa shape index (κ3) is 3.71. The van der Waals surface area contributed by atoms with Crippen LogP contribution in [-0.2, 0) is 13.9 Å². The topological polar surface area (TPSA) is 67.2 Å². The lowest BCUT2D eigenvalue weighted by molar-refractivity contribution is -0.115. The van der Waals surface area contributed by atoms with Crippen molar-refractivity contribution in [2.24, 2.45) is 0 Å². The summed E-state index contributed by atoms with van der Waals surface area (Å²) < 4.78 is 16.8. The van der Waals surface area contributed by atoms with E-state index in [-0.39, 0.29) is 6.10 Å². The van der Waals surface area contributed by atoms with Gasteiger partial charge in [-0.15, -0.1) is 0 Å². The van der Waals surface area contributed by atoms with Gasteiger partial charge >= 0.3 is 0 Å². The van der Waals surface area contributed by atoms with Crippen LogP contribution in [0.25, 0.3) is 0 Å². The summed E-state index contributed by atoms with van der Waals surface area (Å²) in [6, 6.07) is 1.71. The van der Waals surface area contributed by atoms with Crippen LogP contribution in [0.4, 0.5) is 0 Å². The van der Waals surface area contributed by atoms with Crippen LogP contribution in [0.5, 0.6) is 0 Å². The second kappa shape index (κ2) is 4.55. The first kappa shape index (κ1) is 12.3. The first-order valence-electron chi connectivity index (χ1n) is 3.97. The highest BCUT2D eigenvalue weighted by molar-refractivity contribution is 7.60. The van der Waals surface area contributed by atoms with Gasteiger partial charge in [0.15, 0.2) is 11.4 Å². The predicted octanol–water partition coefficient (Wildman–Crippen LogP) is 1.80. The van der Waals surface area contributed by atoms with Crippen molar-refractivity contribution in [2.45, 2.75) is 32.5 Å². The average Bonchev–Trinajstić information content (AvgIpc) is 1.82. The van der Waals surface area contributed by atoms with Gasteiger partial charge in [-0.25, -0.2) is 0 Å². The van der Waals surface area contributed by atoms with E-state index in [2.05, 4.69) is 0 Å². The molecule has 0 saturated carbocycles. The van der Waals surface area contributed by atoms with E-state index in [1.165, 1.54) is 13.6 Å². The van der Waals surface area contributed by atoms with E-state index in [1.54, 1.807) is 19.9 Å². The van der Waals surface area contributed by atoms with Crippen LogP contribution < -0.4 is 0 Å². The van der Waals surface area contributed by atoms with Gasteiger partial charge in [-0.3, -0.25) is 9.36 Å². The Morgan fingerprint density at radius 3 is 2.23 bits per heavy atom. The third-order valence-electron chi connectivity index (χ3n) is 1.40. The zero-order valence-corrected chi connectivity index (χ0v) is 9.17. The van der Waals surface area contributed by atoms with Gasteiger partial charge in [-0.2, -0.15) is 5.26 Å². The Labute approximate surface area is 78.3 Å². The Morgan fingerprint density at radius 2 is 2.00 bits per heavy atom. The maximum Gasteiger partial charge on any atom is 0.224 e. The Morgan fingerprint density at radius 1 is 1.54 bits per heavy atom. The maximum atomic E-state index is 11.7. The first-order valence-corrected chi connectivity index (χ1v) is 6.11. The monoisotopic (exact) mass is 203 g/mol. The Hall–Kier alpha value is -0.650. The number of ketones is 1. The van der Waals surface area contributed by atoms with Crippen molar-refractivity contribution < 1.29 is 13.9 Å². The van der Waals surface area contributed by atoms with Gasteiger partial charge < -0.3 is 4.52 Å². The molecule has 0 heterocycles. The number of hydrogen-bond acceptors (Lipinski definition) is 4. The van der Waals surface area contributed by atoms with Crippen LogP contribution in [0, 0.1) is 11.3 Å². The lowest BCUT2D eigenvalue weighted by Crippen LogP contribution is -2.18. The number of carbonyl (C=O) groups excluding carboxylic acids is 1. The number of Topliss-reactive ketones (excluding diaryl/α,β-unsaturated/α-hetero) is 1. The number of carbonyl (C=O) groups is 1. The molecule has 0 radical (unpaired) electrons. The molecule has 0 aromatic carbocycles. The molecule has 0 aliphatic rings. The number of hydrogen-bond donors (Lipinski definition) is 0. The molecule has 0 saturated heterocycles. The summed E-state index contributed by atoms with van der Waals surface area (Å²) in [5.41, 5.74) is -1.13. The van der Waals surface area contributed by atoms with Crippen LogP contribution in [0.3, 0.4) is 0 Å². The smallest absolute Gasteiger partial charge is 0.224 e. The van der Waals surface area contributed by atoms with Crippen molar-refractivity contribution in [1.29, 1.82) is 5.26 Å². The molecule has 0 amide bonds. The summed E-state index contributed by atoms with van der Waals surface area (Å²) in [4.78, 5) is 10.9. The minimum atomic E-state index is -3.13. The first-order chi connectivity index (χ1) is 5.81. The SMILES string of the molecule is CC(=O)C(C#N)P(C)(=O)OC(C)C. The van der Waals surface area contributed by atoms with Crippen LogP contribution >= 0.6 is 7.37 Å². The zero-order valence-electron chi connectivity index (χ0n) is 8.27. The molecular weight excluding hydrogens is 189 g/mol. The highest BCUT2D eigenvalue weighted by atomic mass is 31.2. The van der Waals surface area contributed by atoms with Crippen molar-refractivity contribution in [2.75, 3.05) is 6.66 Å². The maximum absolute atomic E-state index is 11.7. The Bertz CT molecular complexity index is 280. The van der Waals surface area contributed by atoms with E-state index in [1.807, 2.05) is 0 Å². The minimum absolute atomic E-state index is 0.244. The van der Waals surface area contributed by atoms with Gasteiger partial charge in [0, 0.05) is 6.66 Å². The summed E-state index contributed by atoms with van der Waals surface area (Å²) in [6.07, 6.45) is -0.244. The highest BCUT2D eigenvalue weighted by Crippen LogP contribution is 2.49. The molecule has 0 bridgehead atoms. The van der Waals surface area contributed by atoms with Gasteiger partial charge in [0.05, 0.1) is 12.2 Å². The minimum Gasteiger partial charge on any atom is -0.325 e. The number of nitriles is 1. The largest absolute Gasteiger partial charge is 0.325 e. The molecule has 0 aliphatic heterocycles. The van der Waals surface area contributed by atoms with E-state index < -0.39 is 18.8 Å². The molecule has 0 rings (SSSR count). The molecule has 2 unspecified atom stereocenters. The molecule has 0 aliphatic carbocycles. The fourth-order valence-electron chi connectivity index (χ4n) is 1.01. The second-order valence-corrected chi connectivity index (χ2v) is 5.75. The van der Waals surface area contributed by atoms with E-state index >= 15 is 0 Å². The van der Waals surface area contributed by atoms with Crippen molar-refractivity contribution in [3.63, 3.8) is 0 Å². The lowest BCUT2D eigenvalue weighted by atomic mass is 10.3. The normalized spacial score (nSPS) is 17.5. The van der Waals surface area contributed by atoms with Crippen molar-refractivity contribution in [3.05, 3.63) is 0 Å². The van der Waals surface area contributed by atoms with Crippen molar-refractivity contribution in [1.82, 2.24) is 0 Å². The second-order valence-electron chi connectivity index (χ2n) is 3.21. The average molecular weight is 203 g/mol. The molecule has 2 atom stereocenters. The summed E-state index contributed by atoms with van der Waals surface area (Å²) in [6.45, 7) is 5.99. The fraction of sp³-hybridized carbons (Fsp3) is 0.750. The molecule has 4 nitrogen and oxygen atoms in total. The number of nitrogens with zero attached hydrogens (tertiary/aromatic N) is 1. The molecule has 0 aromatic heterocycles. The molecule has 13 heavy (non-hydrogen) atoms. The third-order valence-corrected chi connectivity index (χ3v) is 3.65. The van der Waals surface area contributed by atoms with Crippen LogP contribution in [0.15, 0.2) is 0 Å². The molecule has 0 spiro atoms. The van der Waals surface area contributed by atoms with E-state index in [9.17, 15) is 9.36 Å². The molecule has 0 fully saturated rings. The summed E-state index contributed by atoms with van der Waals surface area (Å²) in [7, 11) is -3.13. The van der Waals surface area contributed by atoms with Crippen molar-refractivity contribution in [3.8, 4) is 6.07 Å². The van der Waals surface area contributed by atoms with Crippen LogP contribution in [-0.4, -0.2) is 24.2 Å². The van der Waals surface area contributed by atoms with Gasteiger partial charge in [0.1, 0.15) is 0 Å². The van der Waals surface area contributed by atoms with E-state index in [0.717, 1.165) is 0 Å². The van der Waals surface area contributed by atoms with E-state index in [4.69, 9.17) is 9.79 Å². The summed E-state index contributed by atoms with van der Waals surface area (Å²) in [5, 5.41) is 8.62. The molecule has 5 heteroatoms. The van der Waals surface area contributed by atoms with Crippen LogP contribution in [0.1, 0.15) is 20.8 Å². The molecule has 0 N–H and O–H groups in total. The summed E-state index contributed by atoms with van der Waals surface area (Å²) >= 11 is 0. The predicted molar refractivity (Wildman–Crippen MR) is 49.8 cm³/mol. The van der Waals surface area contributed by atoms with Gasteiger partial charge in [-0.1, -0.05) is 0 Å². The Balaban J connectivity index is 4.71. The standard InChI is InChI=1S/C8H14NO3P/c1-6(2)12-13(4,11)8(5-9)7(3)10/h6,8H,1-4H3. The number of rotatable bonds is 4. The quantitative estimate of drug-likeness (QED) is 0.653. The Kier molecular flexibility index (Phi) is 4.32. The molecule has 0 aromatic rings. The van der Waals surface area contributed by atoms with Crippen molar-refractivity contribution >= 4 is 13.2 Å². The van der Waals surface area contributed by atoms with E-state index in [0.29, 0.717) is 0 Å². The van der Waals surface area contributed by atoms with Gasteiger partial charge in [0.25, 0.3) is 0 Å². The van der Waals surface area contributed by atoms with Crippen LogP contribution in [0.2, 0.25) is 0 Å². The van der Waals surface area contributed by atoms with Gasteiger partial charge in [0.2, 0.25) is 7.37 Å². The zero-order chi connectivity index (χ0) is 10.6. The highest BCUT2D eigenvalue weighted by Gasteiger charge is 2.33. The van der Waals surface area contributed by atoms with Gasteiger partial charge in [-0.05, 0) is 20.8 Å². The summed E-state index contributed by atoms with van der Waals surface area (Å²) in [5.74, 6) is -0.408. The fourth-order valence-corrected chi connectivity index (χ4v) is 2.83. The lowest BCUT2D eigenvalue weighted by Gasteiger charge is -2.19.